The smallest absolute Gasteiger partial charge is 0.0159 e. The van der Waals surface area contributed by atoms with E-state index < -0.39 is 0 Å². The first-order chi connectivity index (χ1) is 22.1. The van der Waals surface area contributed by atoms with Crippen LogP contribution in [0.15, 0.2) is 146 Å². The summed E-state index contributed by atoms with van der Waals surface area (Å²) in [5, 5.41) is 13.1. The summed E-state index contributed by atoms with van der Waals surface area (Å²) in [5.74, 6) is 0. The van der Waals surface area contributed by atoms with Crippen molar-refractivity contribution < 1.29 is 0 Å². The third kappa shape index (κ3) is 3.37. The molecule has 10 rings (SSSR count). The largest absolute Gasteiger partial charge is 0.0619 e. The van der Waals surface area contributed by atoms with E-state index in [-0.39, 0.29) is 5.41 Å². The van der Waals surface area contributed by atoms with Gasteiger partial charge in [0.25, 0.3) is 0 Å². The van der Waals surface area contributed by atoms with Gasteiger partial charge >= 0.3 is 0 Å². The Morgan fingerprint density at radius 1 is 0.356 bits per heavy atom. The summed E-state index contributed by atoms with van der Waals surface area (Å²) in [5.41, 5.74) is 10.6. The lowest BCUT2D eigenvalue weighted by molar-refractivity contribution is 0.661. The zero-order valence-electron chi connectivity index (χ0n) is 25.4. The monoisotopic (exact) mass is 570 g/mol. The summed E-state index contributed by atoms with van der Waals surface area (Å²) in [6.07, 6.45) is 0. The van der Waals surface area contributed by atoms with Gasteiger partial charge in [-0.05, 0) is 117 Å². The molecule has 0 unspecified atom stereocenters. The van der Waals surface area contributed by atoms with Crippen LogP contribution in [0.25, 0.3) is 87.2 Å². The molecule has 0 heteroatoms. The SMILES string of the molecule is CC1(C)c2ccccc2-c2c1cc1cc(-c3ccc4ccc5cccc6ccc3c4c56)ccc1c2-c1ccc2ccccc2c1. The van der Waals surface area contributed by atoms with Crippen molar-refractivity contribution in [2.75, 3.05) is 0 Å². The average molecular weight is 571 g/mol. The van der Waals surface area contributed by atoms with Crippen LogP contribution in [-0.2, 0) is 5.41 Å². The van der Waals surface area contributed by atoms with Gasteiger partial charge in [0.1, 0.15) is 0 Å². The van der Waals surface area contributed by atoms with Crippen LogP contribution >= 0.6 is 0 Å². The van der Waals surface area contributed by atoms with E-state index in [1.54, 1.807) is 0 Å². The highest BCUT2D eigenvalue weighted by atomic mass is 14.4. The van der Waals surface area contributed by atoms with Crippen LogP contribution < -0.4 is 0 Å². The molecule has 9 aromatic rings. The third-order valence-electron chi connectivity index (χ3n) is 10.6. The van der Waals surface area contributed by atoms with Gasteiger partial charge in [0.2, 0.25) is 0 Å². The molecule has 9 aromatic carbocycles. The molecular weight excluding hydrogens is 540 g/mol. The van der Waals surface area contributed by atoms with E-state index in [2.05, 4.69) is 159 Å². The predicted octanol–water partition coefficient (Wildman–Crippen LogP) is 12.5. The van der Waals surface area contributed by atoms with Crippen LogP contribution in [0, 0.1) is 0 Å². The van der Waals surface area contributed by atoms with Crippen molar-refractivity contribution >= 4 is 53.9 Å². The van der Waals surface area contributed by atoms with Gasteiger partial charge in [0, 0.05) is 5.41 Å². The summed E-state index contributed by atoms with van der Waals surface area (Å²) in [6.45, 7) is 4.77. The zero-order valence-corrected chi connectivity index (χ0v) is 25.4. The van der Waals surface area contributed by atoms with E-state index in [0.29, 0.717) is 0 Å². The fraction of sp³-hybridized carbons (Fsp3) is 0.0667. The van der Waals surface area contributed by atoms with Gasteiger partial charge in [-0.3, -0.25) is 0 Å². The summed E-state index contributed by atoms with van der Waals surface area (Å²) in [4.78, 5) is 0. The first kappa shape index (κ1) is 24.9. The average Bonchev–Trinajstić information content (AvgIpc) is 3.31. The molecule has 0 radical (unpaired) electrons. The van der Waals surface area contributed by atoms with Gasteiger partial charge < -0.3 is 0 Å². The standard InChI is InChI=1S/C45H30/c1-45(2)39-13-6-5-12-38(39)44-40(45)26-34-25-32(20-22-36(34)43(44)33-17-14-27-8-3-4-9-31(27)24-33)35-21-18-30-16-15-28-10-7-11-29-19-23-37(35)42(30)41(28)29/h3-26H,1-2H3. The molecule has 0 N–H and O–H groups in total. The third-order valence-corrected chi connectivity index (χ3v) is 10.6. The molecule has 1 aliphatic rings. The van der Waals surface area contributed by atoms with Crippen LogP contribution in [0.5, 0.6) is 0 Å². The Labute approximate surface area is 262 Å². The van der Waals surface area contributed by atoms with E-state index in [9.17, 15) is 0 Å². The Balaban J connectivity index is 1.28. The van der Waals surface area contributed by atoms with Crippen LogP contribution in [0.2, 0.25) is 0 Å². The minimum absolute atomic E-state index is 0.0886. The lowest BCUT2D eigenvalue weighted by Crippen LogP contribution is -2.15. The van der Waals surface area contributed by atoms with Gasteiger partial charge in [-0.2, -0.15) is 0 Å². The number of benzene rings is 9. The van der Waals surface area contributed by atoms with Crippen LogP contribution in [0.4, 0.5) is 0 Å². The molecule has 0 heterocycles. The second kappa shape index (κ2) is 8.80. The van der Waals surface area contributed by atoms with Gasteiger partial charge in [-0.1, -0.05) is 141 Å². The number of rotatable bonds is 2. The van der Waals surface area contributed by atoms with Gasteiger partial charge in [0.15, 0.2) is 0 Å². The second-order valence-corrected chi connectivity index (χ2v) is 13.3. The summed E-state index contributed by atoms with van der Waals surface area (Å²) in [6, 6.07) is 54.7. The van der Waals surface area contributed by atoms with Crippen LogP contribution in [0.3, 0.4) is 0 Å². The molecule has 0 atom stereocenters. The van der Waals surface area contributed by atoms with E-state index in [1.165, 1.54) is 98.4 Å². The highest BCUT2D eigenvalue weighted by molar-refractivity contribution is 6.25. The summed E-state index contributed by atoms with van der Waals surface area (Å²) in [7, 11) is 0. The lowest BCUT2D eigenvalue weighted by atomic mass is 9.80. The van der Waals surface area contributed by atoms with Crippen molar-refractivity contribution in [3.63, 3.8) is 0 Å². The van der Waals surface area contributed by atoms with Crippen LogP contribution in [-0.4, -0.2) is 0 Å². The Morgan fingerprint density at radius 3 is 1.84 bits per heavy atom. The highest BCUT2D eigenvalue weighted by Crippen LogP contribution is 2.54. The van der Waals surface area contributed by atoms with Crippen molar-refractivity contribution in [1.82, 2.24) is 0 Å². The van der Waals surface area contributed by atoms with Crippen molar-refractivity contribution in [3.05, 3.63) is 157 Å². The Bertz CT molecular complexity index is 2650. The summed E-state index contributed by atoms with van der Waals surface area (Å²) < 4.78 is 0. The van der Waals surface area contributed by atoms with Crippen molar-refractivity contribution in [2.45, 2.75) is 19.3 Å². The molecule has 45 heavy (non-hydrogen) atoms. The van der Waals surface area contributed by atoms with E-state index in [0.717, 1.165) is 0 Å². The lowest BCUT2D eigenvalue weighted by Gasteiger charge is -2.23. The topological polar surface area (TPSA) is 0 Å². The number of hydrogen-bond donors (Lipinski definition) is 0. The minimum Gasteiger partial charge on any atom is -0.0619 e. The molecule has 0 fully saturated rings. The number of hydrogen-bond acceptors (Lipinski definition) is 0. The van der Waals surface area contributed by atoms with E-state index in [4.69, 9.17) is 0 Å². The molecule has 0 bridgehead atoms. The maximum absolute atomic E-state index is 2.48. The Morgan fingerprint density at radius 2 is 0.978 bits per heavy atom. The second-order valence-electron chi connectivity index (χ2n) is 13.3. The molecule has 0 nitrogen and oxygen atoms in total. The molecule has 0 aliphatic heterocycles. The fourth-order valence-electron chi connectivity index (χ4n) is 8.37. The van der Waals surface area contributed by atoms with Crippen molar-refractivity contribution in [3.8, 4) is 33.4 Å². The van der Waals surface area contributed by atoms with Crippen molar-refractivity contribution in [1.29, 1.82) is 0 Å². The molecule has 1 aliphatic carbocycles. The molecule has 0 saturated carbocycles. The molecule has 210 valence electrons. The minimum atomic E-state index is -0.0886. The Kier molecular flexibility index (Phi) is 4.88. The number of fused-ring (bicyclic) bond motifs is 5. The van der Waals surface area contributed by atoms with E-state index in [1.807, 2.05) is 0 Å². The molecule has 0 spiro atoms. The first-order valence-electron chi connectivity index (χ1n) is 15.9. The summed E-state index contributed by atoms with van der Waals surface area (Å²) >= 11 is 0. The van der Waals surface area contributed by atoms with Crippen LogP contribution in [0.1, 0.15) is 25.0 Å². The quantitative estimate of drug-likeness (QED) is 0.181. The first-order valence-corrected chi connectivity index (χ1v) is 15.9. The van der Waals surface area contributed by atoms with Gasteiger partial charge in [-0.25, -0.2) is 0 Å². The normalized spacial score (nSPS) is 13.7. The molecule has 0 saturated heterocycles. The maximum atomic E-state index is 2.48. The van der Waals surface area contributed by atoms with E-state index >= 15 is 0 Å². The van der Waals surface area contributed by atoms with Gasteiger partial charge in [0.05, 0.1) is 0 Å². The van der Waals surface area contributed by atoms with Crippen molar-refractivity contribution in [2.24, 2.45) is 0 Å². The predicted molar refractivity (Wildman–Crippen MR) is 194 cm³/mol. The zero-order chi connectivity index (χ0) is 29.9. The fourth-order valence-corrected chi connectivity index (χ4v) is 8.37. The highest BCUT2D eigenvalue weighted by Gasteiger charge is 2.37. The molecular formula is C45H30. The molecule has 0 aromatic heterocycles. The maximum Gasteiger partial charge on any atom is 0.0159 e. The Hall–Kier alpha value is -5.46. The van der Waals surface area contributed by atoms with Gasteiger partial charge in [-0.15, -0.1) is 0 Å². The molecule has 0 amide bonds.